The number of rotatable bonds is 5. The van der Waals surface area contributed by atoms with Gasteiger partial charge in [0.25, 0.3) is 0 Å². The van der Waals surface area contributed by atoms with Gasteiger partial charge in [0.15, 0.2) is 5.82 Å². The minimum absolute atomic E-state index is 0.0481. The van der Waals surface area contributed by atoms with Gasteiger partial charge in [-0.3, -0.25) is 4.79 Å². The number of hydrogen-bond acceptors (Lipinski definition) is 7. The summed E-state index contributed by atoms with van der Waals surface area (Å²) in [4.78, 5) is 19.8. The van der Waals surface area contributed by atoms with Crippen LogP contribution in [0.1, 0.15) is 32.1 Å². The molecule has 1 saturated heterocycles. The number of carbonyl (C=O) groups is 1. The molecule has 2 heterocycles. The van der Waals surface area contributed by atoms with Crippen LogP contribution < -0.4 is 22.1 Å². The summed E-state index contributed by atoms with van der Waals surface area (Å²) in [7, 11) is 0. The second-order valence-corrected chi connectivity index (χ2v) is 6.72. The first-order valence-electron chi connectivity index (χ1n) is 8.69. The maximum atomic E-state index is 13.9. The summed E-state index contributed by atoms with van der Waals surface area (Å²) >= 11 is 0. The topological polar surface area (TPSA) is 128 Å². The predicted molar refractivity (Wildman–Crippen MR) is 92.8 cm³/mol. The molecule has 25 heavy (non-hydrogen) atoms. The van der Waals surface area contributed by atoms with Gasteiger partial charge in [-0.1, -0.05) is 0 Å². The number of nitrogens with one attached hydrogen (secondary N) is 2. The molecule has 6 N–H and O–H groups in total. The third-order valence-electron chi connectivity index (χ3n) is 4.89. The minimum Gasteiger partial charge on any atom is -0.394 e. The molecule has 1 aliphatic carbocycles. The molecule has 2 fully saturated rings. The number of anilines is 3. The summed E-state index contributed by atoms with van der Waals surface area (Å²) in [5, 5.41) is 6.33. The molecule has 0 radical (unpaired) electrons. The van der Waals surface area contributed by atoms with E-state index in [9.17, 15) is 9.18 Å². The van der Waals surface area contributed by atoms with Gasteiger partial charge in [-0.25, -0.2) is 9.37 Å². The highest BCUT2D eigenvalue weighted by Gasteiger charge is 2.27. The van der Waals surface area contributed by atoms with E-state index in [-0.39, 0.29) is 30.5 Å². The van der Waals surface area contributed by atoms with Gasteiger partial charge in [0.1, 0.15) is 6.17 Å². The fraction of sp³-hybridized carbons (Fsp3) is 0.688. The van der Waals surface area contributed by atoms with Crippen molar-refractivity contribution in [3.63, 3.8) is 0 Å². The molecule has 3 rings (SSSR count). The minimum atomic E-state index is -1.09. The van der Waals surface area contributed by atoms with Crippen LogP contribution in [-0.2, 0) is 9.53 Å². The number of alkyl halides is 1. The predicted octanol–water partition coefficient (Wildman–Crippen LogP) is 1.05. The smallest absolute Gasteiger partial charge is 0.225 e. The Hall–Kier alpha value is -2.16. The molecular weight excluding hydrogens is 327 g/mol. The van der Waals surface area contributed by atoms with E-state index < -0.39 is 6.17 Å². The molecule has 1 aromatic heterocycles. The molecule has 0 bridgehead atoms. The lowest BCUT2D eigenvalue weighted by atomic mass is 9.85. The Bertz CT molecular complexity index is 608. The maximum absolute atomic E-state index is 13.9. The average Bonchev–Trinajstić information content (AvgIpc) is 2.60. The zero-order valence-corrected chi connectivity index (χ0v) is 14.1. The maximum Gasteiger partial charge on any atom is 0.225 e. The highest BCUT2D eigenvalue weighted by molar-refractivity contribution is 5.76. The molecular formula is C16H25FN6O2. The number of nitrogen functional groups attached to an aromatic ring is 1. The van der Waals surface area contributed by atoms with E-state index >= 15 is 0 Å². The summed E-state index contributed by atoms with van der Waals surface area (Å²) in [6.07, 6.45) is 4.16. The van der Waals surface area contributed by atoms with Gasteiger partial charge in [0.2, 0.25) is 11.9 Å². The van der Waals surface area contributed by atoms with Crippen LogP contribution in [0, 0.1) is 5.92 Å². The Labute approximate surface area is 145 Å². The molecule has 0 unspecified atom stereocenters. The molecule has 0 aromatic carbocycles. The number of halogens is 1. The van der Waals surface area contributed by atoms with E-state index in [1.54, 1.807) is 0 Å². The summed E-state index contributed by atoms with van der Waals surface area (Å²) < 4.78 is 19.0. The van der Waals surface area contributed by atoms with Crippen molar-refractivity contribution in [1.29, 1.82) is 0 Å². The van der Waals surface area contributed by atoms with Crippen LogP contribution in [0.4, 0.5) is 21.8 Å². The zero-order chi connectivity index (χ0) is 17.8. The van der Waals surface area contributed by atoms with Gasteiger partial charge in [0.05, 0.1) is 24.5 Å². The first kappa shape index (κ1) is 17.7. The molecule has 9 heteroatoms. The molecule has 2 aliphatic rings. The Morgan fingerprint density at radius 2 is 2.00 bits per heavy atom. The van der Waals surface area contributed by atoms with Crippen molar-refractivity contribution >= 4 is 23.4 Å². The van der Waals surface area contributed by atoms with E-state index in [0.717, 1.165) is 25.7 Å². The van der Waals surface area contributed by atoms with Gasteiger partial charge in [-0.05, 0) is 32.1 Å². The first-order valence-corrected chi connectivity index (χ1v) is 8.69. The van der Waals surface area contributed by atoms with Crippen molar-refractivity contribution in [3.8, 4) is 0 Å². The van der Waals surface area contributed by atoms with Gasteiger partial charge in [-0.2, -0.15) is 4.98 Å². The standard InChI is InChI=1S/C16H25FN6O2/c17-11-8-25-6-5-13(11)22-16-20-7-12(18)15(23-16)21-10-3-1-9(2-4-10)14(19)24/h7,9-11,13H,1-6,8,18H2,(H2,19,24)(H2,20,21,22,23)/t9?,10?,11-,13+/m1/s1. The second-order valence-electron chi connectivity index (χ2n) is 6.72. The van der Waals surface area contributed by atoms with Gasteiger partial charge in [-0.15, -0.1) is 0 Å². The van der Waals surface area contributed by atoms with E-state index in [1.807, 2.05) is 0 Å². The van der Waals surface area contributed by atoms with Crippen LogP contribution in [0.2, 0.25) is 0 Å². The summed E-state index contributed by atoms with van der Waals surface area (Å²) in [5.74, 6) is 0.594. The summed E-state index contributed by atoms with van der Waals surface area (Å²) in [5.41, 5.74) is 11.8. The average molecular weight is 352 g/mol. The number of aromatic nitrogens is 2. The summed E-state index contributed by atoms with van der Waals surface area (Å²) in [6, 6.07) is -0.186. The van der Waals surface area contributed by atoms with E-state index in [0.29, 0.717) is 30.5 Å². The third-order valence-corrected chi connectivity index (χ3v) is 4.89. The van der Waals surface area contributed by atoms with Crippen LogP contribution in [0.3, 0.4) is 0 Å². The van der Waals surface area contributed by atoms with Crippen molar-refractivity contribution in [2.75, 3.05) is 29.6 Å². The lowest BCUT2D eigenvalue weighted by Gasteiger charge is -2.29. The fourth-order valence-electron chi connectivity index (χ4n) is 3.32. The van der Waals surface area contributed by atoms with Crippen LogP contribution in [0.5, 0.6) is 0 Å². The number of amides is 1. The van der Waals surface area contributed by atoms with Crippen LogP contribution in [0.25, 0.3) is 0 Å². The number of nitrogens with zero attached hydrogens (tertiary/aromatic N) is 2. The summed E-state index contributed by atoms with van der Waals surface area (Å²) in [6.45, 7) is 0.599. The molecule has 1 amide bonds. The van der Waals surface area contributed by atoms with Gasteiger partial charge >= 0.3 is 0 Å². The van der Waals surface area contributed by atoms with Crippen molar-refractivity contribution in [2.24, 2.45) is 11.7 Å². The number of primary amides is 1. The normalized spacial score (nSPS) is 29.8. The number of nitrogens with two attached hydrogens (primary N) is 2. The number of carbonyl (C=O) groups excluding carboxylic acids is 1. The Morgan fingerprint density at radius 3 is 2.68 bits per heavy atom. The lowest BCUT2D eigenvalue weighted by molar-refractivity contribution is -0.122. The molecule has 1 aromatic rings. The highest BCUT2D eigenvalue weighted by Crippen LogP contribution is 2.28. The quantitative estimate of drug-likeness (QED) is 0.623. The molecule has 0 spiro atoms. The van der Waals surface area contributed by atoms with Crippen molar-refractivity contribution < 1.29 is 13.9 Å². The molecule has 138 valence electrons. The Balaban J connectivity index is 1.61. The second kappa shape index (κ2) is 7.81. The monoisotopic (exact) mass is 352 g/mol. The highest BCUT2D eigenvalue weighted by atomic mass is 19.1. The van der Waals surface area contributed by atoms with E-state index in [4.69, 9.17) is 16.2 Å². The molecule has 1 saturated carbocycles. The van der Waals surface area contributed by atoms with Crippen molar-refractivity contribution in [1.82, 2.24) is 9.97 Å². The zero-order valence-electron chi connectivity index (χ0n) is 14.1. The van der Waals surface area contributed by atoms with E-state index in [2.05, 4.69) is 20.6 Å². The number of ether oxygens (including phenoxy) is 1. The molecule has 1 aliphatic heterocycles. The van der Waals surface area contributed by atoms with Crippen LogP contribution >= 0.6 is 0 Å². The number of hydrogen-bond donors (Lipinski definition) is 4. The Morgan fingerprint density at radius 1 is 1.24 bits per heavy atom. The van der Waals surface area contributed by atoms with Gasteiger partial charge in [0, 0.05) is 18.6 Å². The molecule has 8 nitrogen and oxygen atoms in total. The van der Waals surface area contributed by atoms with Crippen molar-refractivity contribution in [2.45, 2.75) is 50.4 Å². The third kappa shape index (κ3) is 4.47. The van der Waals surface area contributed by atoms with E-state index in [1.165, 1.54) is 6.20 Å². The van der Waals surface area contributed by atoms with Crippen LogP contribution in [0.15, 0.2) is 6.20 Å². The largest absolute Gasteiger partial charge is 0.394 e. The van der Waals surface area contributed by atoms with Gasteiger partial charge < -0.3 is 26.8 Å². The SMILES string of the molecule is NC(=O)C1CCC(Nc2nc(N[C@H]3CCOC[C@H]3F)ncc2N)CC1. The van der Waals surface area contributed by atoms with Crippen molar-refractivity contribution in [3.05, 3.63) is 6.20 Å². The van der Waals surface area contributed by atoms with Crippen LogP contribution in [-0.4, -0.2) is 47.3 Å². The first-order chi connectivity index (χ1) is 12.0. The molecule has 2 atom stereocenters. The Kier molecular flexibility index (Phi) is 5.52. The fourth-order valence-corrected chi connectivity index (χ4v) is 3.32. The lowest BCUT2D eigenvalue weighted by Crippen LogP contribution is -2.39.